The van der Waals surface area contributed by atoms with E-state index in [0.29, 0.717) is 0 Å². The van der Waals surface area contributed by atoms with Crippen LogP contribution in [0.1, 0.15) is 24.8 Å². The number of likely N-dealkylation sites (tertiary alicyclic amines) is 1. The molecule has 4 rings (SSSR count). The lowest BCUT2D eigenvalue weighted by Gasteiger charge is -2.32. The molecule has 1 aromatic carbocycles. The van der Waals surface area contributed by atoms with Gasteiger partial charge in [-0.2, -0.15) is 5.10 Å². The molecule has 1 saturated heterocycles. The molecule has 0 unspecified atom stereocenters. The van der Waals surface area contributed by atoms with Crippen LogP contribution in [0.4, 0.5) is 0 Å². The van der Waals surface area contributed by atoms with E-state index in [2.05, 4.69) is 26.4 Å². The second-order valence-electron chi connectivity index (χ2n) is 6.33. The van der Waals surface area contributed by atoms with E-state index in [9.17, 15) is 0 Å². The maximum Gasteiger partial charge on any atom is 0.139 e. The fraction of sp³-hybridized carbons (Fsp3) is 0.471. The first kappa shape index (κ1) is 14.4. The van der Waals surface area contributed by atoms with E-state index >= 15 is 0 Å². The SMILES string of the molecule is c1cc(CN2CCC(CCn3cccn3)CC2)c2nonc2c1. The van der Waals surface area contributed by atoms with Gasteiger partial charge in [-0.3, -0.25) is 9.58 Å². The number of aryl methyl sites for hydroxylation is 1. The van der Waals surface area contributed by atoms with E-state index in [1.807, 2.05) is 35.3 Å². The molecule has 0 N–H and O–H groups in total. The van der Waals surface area contributed by atoms with Crippen LogP contribution in [-0.4, -0.2) is 38.1 Å². The smallest absolute Gasteiger partial charge is 0.139 e. The first-order valence-electron chi connectivity index (χ1n) is 8.28. The van der Waals surface area contributed by atoms with Crippen molar-refractivity contribution in [3.8, 4) is 0 Å². The molecule has 0 amide bonds. The topological polar surface area (TPSA) is 60.0 Å². The Morgan fingerprint density at radius 2 is 2.04 bits per heavy atom. The predicted molar refractivity (Wildman–Crippen MR) is 86.6 cm³/mol. The number of fused-ring (bicyclic) bond motifs is 1. The van der Waals surface area contributed by atoms with Crippen molar-refractivity contribution in [2.75, 3.05) is 13.1 Å². The van der Waals surface area contributed by atoms with Crippen molar-refractivity contribution < 1.29 is 4.63 Å². The van der Waals surface area contributed by atoms with Crippen LogP contribution in [0.25, 0.3) is 11.0 Å². The number of benzene rings is 1. The van der Waals surface area contributed by atoms with E-state index in [4.69, 9.17) is 4.63 Å². The summed E-state index contributed by atoms with van der Waals surface area (Å²) in [6, 6.07) is 8.08. The number of rotatable bonds is 5. The van der Waals surface area contributed by atoms with Crippen LogP contribution >= 0.6 is 0 Å². The molecule has 2 aromatic heterocycles. The Balaban J connectivity index is 1.30. The monoisotopic (exact) mass is 311 g/mol. The third kappa shape index (κ3) is 3.27. The molecule has 3 aromatic rings. The highest BCUT2D eigenvalue weighted by molar-refractivity contribution is 5.76. The molecule has 1 aliphatic rings. The zero-order valence-electron chi connectivity index (χ0n) is 13.1. The summed E-state index contributed by atoms with van der Waals surface area (Å²) in [5.74, 6) is 0.806. The summed E-state index contributed by atoms with van der Waals surface area (Å²) >= 11 is 0. The van der Waals surface area contributed by atoms with Crippen LogP contribution in [0, 0.1) is 5.92 Å². The first-order chi connectivity index (χ1) is 11.4. The van der Waals surface area contributed by atoms with Gasteiger partial charge in [-0.05, 0) is 66.3 Å². The summed E-state index contributed by atoms with van der Waals surface area (Å²) in [6.07, 6.45) is 7.63. The second kappa shape index (κ2) is 6.50. The van der Waals surface area contributed by atoms with Crippen molar-refractivity contribution in [3.63, 3.8) is 0 Å². The number of hydrogen-bond donors (Lipinski definition) is 0. The normalized spacial score (nSPS) is 17.0. The largest absolute Gasteiger partial charge is 0.299 e. The van der Waals surface area contributed by atoms with E-state index in [1.54, 1.807) is 0 Å². The second-order valence-corrected chi connectivity index (χ2v) is 6.33. The van der Waals surface area contributed by atoms with Crippen LogP contribution in [0.3, 0.4) is 0 Å². The highest BCUT2D eigenvalue weighted by Crippen LogP contribution is 2.24. The number of hydrogen-bond acceptors (Lipinski definition) is 5. The fourth-order valence-corrected chi connectivity index (χ4v) is 3.41. The Morgan fingerprint density at radius 3 is 2.87 bits per heavy atom. The third-order valence-electron chi connectivity index (χ3n) is 4.80. The lowest BCUT2D eigenvalue weighted by molar-refractivity contribution is 0.169. The third-order valence-corrected chi connectivity index (χ3v) is 4.80. The predicted octanol–water partition coefficient (Wildman–Crippen LogP) is 2.72. The number of nitrogens with zero attached hydrogens (tertiary/aromatic N) is 5. The molecule has 0 saturated carbocycles. The summed E-state index contributed by atoms with van der Waals surface area (Å²) < 4.78 is 6.88. The van der Waals surface area contributed by atoms with Crippen molar-refractivity contribution in [3.05, 3.63) is 42.2 Å². The fourth-order valence-electron chi connectivity index (χ4n) is 3.41. The zero-order valence-corrected chi connectivity index (χ0v) is 13.1. The average Bonchev–Trinajstić information content (AvgIpc) is 3.26. The van der Waals surface area contributed by atoms with E-state index in [0.717, 1.165) is 43.1 Å². The van der Waals surface area contributed by atoms with Gasteiger partial charge in [0, 0.05) is 25.5 Å². The molecule has 120 valence electrons. The number of aromatic nitrogens is 4. The van der Waals surface area contributed by atoms with Crippen molar-refractivity contribution >= 4 is 11.0 Å². The van der Waals surface area contributed by atoms with Crippen molar-refractivity contribution in [1.82, 2.24) is 25.0 Å². The maximum atomic E-state index is 4.85. The van der Waals surface area contributed by atoms with Crippen LogP contribution < -0.4 is 0 Å². The van der Waals surface area contributed by atoms with E-state index in [-0.39, 0.29) is 0 Å². The molecule has 1 aliphatic heterocycles. The van der Waals surface area contributed by atoms with Crippen LogP contribution in [0.5, 0.6) is 0 Å². The molecule has 1 fully saturated rings. The van der Waals surface area contributed by atoms with Gasteiger partial charge >= 0.3 is 0 Å². The summed E-state index contributed by atoms with van der Waals surface area (Å²) in [5.41, 5.74) is 2.95. The molecular weight excluding hydrogens is 290 g/mol. The quantitative estimate of drug-likeness (QED) is 0.725. The van der Waals surface area contributed by atoms with Gasteiger partial charge in [0.15, 0.2) is 0 Å². The molecule has 3 heterocycles. The standard InChI is InChI=1S/C17H21N5O/c1-3-15(17-16(4-1)19-23-20-17)13-21-10-5-14(6-11-21)7-12-22-9-2-8-18-22/h1-4,8-9,14H,5-7,10-13H2. The minimum absolute atomic E-state index is 0.806. The number of piperidine rings is 1. The summed E-state index contributed by atoms with van der Waals surface area (Å²) in [5, 5.41) is 12.2. The minimum Gasteiger partial charge on any atom is -0.299 e. The van der Waals surface area contributed by atoms with Crippen molar-refractivity contribution in [1.29, 1.82) is 0 Å². The lowest BCUT2D eigenvalue weighted by Crippen LogP contribution is -2.33. The van der Waals surface area contributed by atoms with Gasteiger partial charge in [-0.1, -0.05) is 12.1 Å². The molecule has 6 heteroatoms. The molecule has 0 atom stereocenters. The van der Waals surface area contributed by atoms with Crippen LogP contribution in [0.15, 0.2) is 41.3 Å². The van der Waals surface area contributed by atoms with Gasteiger partial charge in [-0.25, -0.2) is 4.63 Å². The Kier molecular flexibility index (Phi) is 4.06. The van der Waals surface area contributed by atoms with Gasteiger partial charge in [0.1, 0.15) is 11.0 Å². The summed E-state index contributed by atoms with van der Waals surface area (Å²) in [6.45, 7) is 4.25. The average molecular weight is 311 g/mol. The van der Waals surface area contributed by atoms with Crippen molar-refractivity contribution in [2.45, 2.75) is 32.4 Å². The van der Waals surface area contributed by atoms with Gasteiger partial charge in [0.25, 0.3) is 0 Å². The Labute approximate surface area is 135 Å². The van der Waals surface area contributed by atoms with Gasteiger partial charge in [0.2, 0.25) is 0 Å². The molecule has 0 spiro atoms. The van der Waals surface area contributed by atoms with Crippen LogP contribution in [0.2, 0.25) is 0 Å². The Hall–Kier alpha value is -2.21. The zero-order chi connectivity index (χ0) is 15.5. The van der Waals surface area contributed by atoms with Gasteiger partial charge in [0.05, 0.1) is 0 Å². The van der Waals surface area contributed by atoms with E-state index < -0.39 is 0 Å². The summed E-state index contributed by atoms with van der Waals surface area (Å²) in [4.78, 5) is 2.51. The lowest BCUT2D eigenvalue weighted by atomic mass is 9.93. The van der Waals surface area contributed by atoms with Gasteiger partial charge < -0.3 is 0 Å². The molecule has 6 nitrogen and oxygen atoms in total. The first-order valence-corrected chi connectivity index (χ1v) is 8.28. The van der Waals surface area contributed by atoms with Crippen LogP contribution in [-0.2, 0) is 13.1 Å². The Bertz CT molecular complexity index is 743. The maximum absolute atomic E-state index is 4.85. The van der Waals surface area contributed by atoms with Gasteiger partial charge in [-0.15, -0.1) is 0 Å². The summed E-state index contributed by atoms with van der Waals surface area (Å²) in [7, 11) is 0. The van der Waals surface area contributed by atoms with E-state index in [1.165, 1.54) is 24.8 Å². The van der Waals surface area contributed by atoms with Crippen molar-refractivity contribution in [2.24, 2.45) is 5.92 Å². The molecule has 0 bridgehead atoms. The highest BCUT2D eigenvalue weighted by atomic mass is 16.6. The highest BCUT2D eigenvalue weighted by Gasteiger charge is 2.20. The molecule has 0 radical (unpaired) electrons. The molecular formula is C17H21N5O. The minimum atomic E-state index is 0.806. The molecule has 23 heavy (non-hydrogen) atoms. The molecule has 0 aliphatic carbocycles. The Morgan fingerprint density at radius 1 is 1.13 bits per heavy atom.